The molecule has 0 aliphatic heterocycles. The number of ketones is 1. The second kappa shape index (κ2) is 10.2. The summed E-state index contributed by atoms with van der Waals surface area (Å²) in [6.45, 7) is 7.56. The van der Waals surface area contributed by atoms with Crippen LogP contribution in [0.5, 0.6) is 0 Å². The second-order valence-corrected chi connectivity index (χ2v) is 11.4. The van der Waals surface area contributed by atoms with Gasteiger partial charge in [0.2, 0.25) is 15.9 Å². The van der Waals surface area contributed by atoms with Gasteiger partial charge in [-0.25, -0.2) is 17.2 Å². The first-order valence-corrected chi connectivity index (χ1v) is 13.0. The average Bonchev–Trinajstić information content (AvgIpc) is 2.79. The van der Waals surface area contributed by atoms with Crippen molar-refractivity contribution in [3.63, 3.8) is 0 Å². The van der Waals surface area contributed by atoms with Crippen LogP contribution in [-0.2, 0) is 20.2 Å². The Morgan fingerprint density at radius 1 is 0.889 bits per heavy atom. The molecule has 1 amide bonds. The standard InChI is InChI=1S/C27H28F2N2O4S/c1-17(31(36(5,34)35)22-13-14-23(28)24(29)16-22)26(33)30-21-8-6-7-19(15-21)25(32)18-9-11-20(12-10-18)27(2,3)4/h6-17H,1-5H3,(H,30,33)/t17-/m0/s1. The summed E-state index contributed by atoms with van der Waals surface area (Å²) >= 11 is 0. The van der Waals surface area contributed by atoms with Crippen LogP contribution in [0.3, 0.4) is 0 Å². The first-order valence-electron chi connectivity index (χ1n) is 11.2. The lowest BCUT2D eigenvalue weighted by Gasteiger charge is -2.28. The maximum Gasteiger partial charge on any atom is 0.247 e. The molecule has 0 fully saturated rings. The zero-order valence-electron chi connectivity index (χ0n) is 20.7. The number of rotatable bonds is 7. The smallest absolute Gasteiger partial charge is 0.247 e. The lowest BCUT2D eigenvalue weighted by Crippen LogP contribution is -2.45. The summed E-state index contributed by atoms with van der Waals surface area (Å²) in [5.41, 5.74) is 1.95. The van der Waals surface area contributed by atoms with Gasteiger partial charge in [-0.05, 0) is 42.2 Å². The summed E-state index contributed by atoms with van der Waals surface area (Å²) in [6.07, 6.45) is 0.863. The van der Waals surface area contributed by atoms with Crippen LogP contribution >= 0.6 is 0 Å². The van der Waals surface area contributed by atoms with E-state index in [1.54, 1.807) is 30.3 Å². The molecule has 1 atom stereocenters. The third-order valence-corrected chi connectivity index (χ3v) is 6.89. The third-order valence-electron chi connectivity index (χ3n) is 5.65. The predicted octanol–water partition coefficient (Wildman–Crippen LogP) is 5.29. The number of nitrogens with one attached hydrogen (secondary N) is 1. The van der Waals surface area contributed by atoms with E-state index in [9.17, 15) is 26.8 Å². The van der Waals surface area contributed by atoms with Gasteiger partial charge < -0.3 is 5.32 Å². The Bertz CT molecular complexity index is 1400. The fraction of sp³-hybridized carbons (Fsp3) is 0.259. The molecular formula is C27H28F2N2O4S. The number of benzene rings is 3. The summed E-state index contributed by atoms with van der Waals surface area (Å²) < 4.78 is 52.6. The van der Waals surface area contributed by atoms with Gasteiger partial charge in [-0.1, -0.05) is 57.2 Å². The highest BCUT2D eigenvalue weighted by molar-refractivity contribution is 7.92. The molecule has 3 aromatic rings. The molecule has 0 aliphatic rings. The number of hydrogen-bond donors (Lipinski definition) is 1. The van der Waals surface area contributed by atoms with Crippen molar-refractivity contribution in [3.8, 4) is 0 Å². The van der Waals surface area contributed by atoms with Crippen molar-refractivity contribution in [2.75, 3.05) is 15.9 Å². The second-order valence-electron chi connectivity index (χ2n) is 9.56. The van der Waals surface area contributed by atoms with Gasteiger partial charge in [0, 0.05) is 22.9 Å². The molecule has 190 valence electrons. The fourth-order valence-electron chi connectivity index (χ4n) is 3.70. The van der Waals surface area contributed by atoms with Crippen LogP contribution in [0.25, 0.3) is 0 Å². The summed E-state index contributed by atoms with van der Waals surface area (Å²) in [5, 5.41) is 2.60. The highest BCUT2D eigenvalue weighted by Crippen LogP contribution is 2.25. The Balaban J connectivity index is 1.83. The van der Waals surface area contributed by atoms with Gasteiger partial charge in [-0.3, -0.25) is 13.9 Å². The molecule has 6 nitrogen and oxygen atoms in total. The van der Waals surface area contributed by atoms with Gasteiger partial charge in [-0.15, -0.1) is 0 Å². The van der Waals surface area contributed by atoms with Crippen LogP contribution in [0.15, 0.2) is 66.7 Å². The lowest BCUT2D eigenvalue weighted by atomic mass is 9.86. The van der Waals surface area contributed by atoms with E-state index in [1.807, 2.05) is 12.1 Å². The van der Waals surface area contributed by atoms with Crippen LogP contribution < -0.4 is 9.62 Å². The zero-order chi connectivity index (χ0) is 26.8. The molecule has 0 radical (unpaired) electrons. The Labute approximate surface area is 210 Å². The topological polar surface area (TPSA) is 83.6 Å². The number of anilines is 2. The molecule has 0 aromatic heterocycles. The van der Waals surface area contributed by atoms with Crippen LogP contribution in [0.2, 0.25) is 0 Å². The largest absolute Gasteiger partial charge is 0.324 e. The molecule has 0 saturated heterocycles. The van der Waals surface area contributed by atoms with Gasteiger partial charge >= 0.3 is 0 Å². The molecule has 1 N–H and O–H groups in total. The number of nitrogens with zero attached hydrogens (tertiary/aromatic N) is 1. The van der Waals surface area contributed by atoms with Crippen molar-refractivity contribution < 1.29 is 26.8 Å². The quantitative estimate of drug-likeness (QED) is 0.435. The molecule has 3 rings (SSSR count). The fourth-order valence-corrected chi connectivity index (χ4v) is 4.87. The average molecular weight is 515 g/mol. The number of amides is 1. The van der Waals surface area contributed by atoms with Crippen LogP contribution in [0.1, 0.15) is 49.2 Å². The van der Waals surface area contributed by atoms with Crippen molar-refractivity contribution in [1.82, 2.24) is 0 Å². The molecule has 36 heavy (non-hydrogen) atoms. The highest BCUT2D eigenvalue weighted by atomic mass is 32.2. The molecular weight excluding hydrogens is 486 g/mol. The monoisotopic (exact) mass is 514 g/mol. The molecule has 0 spiro atoms. The van der Waals surface area contributed by atoms with Crippen molar-refractivity contribution in [3.05, 3.63) is 95.1 Å². The summed E-state index contributed by atoms with van der Waals surface area (Å²) in [4.78, 5) is 25.9. The number of hydrogen-bond acceptors (Lipinski definition) is 4. The number of carbonyl (C=O) groups excluding carboxylic acids is 2. The highest BCUT2D eigenvalue weighted by Gasteiger charge is 2.30. The van der Waals surface area contributed by atoms with Gasteiger partial charge in [0.25, 0.3) is 0 Å². The van der Waals surface area contributed by atoms with Gasteiger partial charge in [0.1, 0.15) is 6.04 Å². The number of halogens is 2. The number of carbonyl (C=O) groups is 2. The SMILES string of the molecule is C[C@@H](C(=O)Nc1cccc(C(=O)c2ccc(C(C)(C)C)cc2)c1)N(c1ccc(F)c(F)c1)S(C)(=O)=O. The van der Waals surface area contributed by atoms with E-state index in [4.69, 9.17) is 0 Å². The normalized spacial score (nSPS) is 12.6. The molecule has 3 aromatic carbocycles. The summed E-state index contributed by atoms with van der Waals surface area (Å²) in [7, 11) is -4.03. The third kappa shape index (κ3) is 6.15. The Hall–Kier alpha value is -3.59. The lowest BCUT2D eigenvalue weighted by molar-refractivity contribution is -0.116. The van der Waals surface area contributed by atoms with Crippen LogP contribution in [-0.4, -0.2) is 32.4 Å². The van der Waals surface area contributed by atoms with Crippen molar-refractivity contribution in [2.45, 2.75) is 39.2 Å². The zero-order valence-corrected chi connectivity index (χ0v) is 21.5. The minimum absolute atomic E-state index is 0.0536. The maximum absolute atomic E-state index is 13.8. The summed E-state index contributed by atoms with van der Waals surface area (Å²) in [6, 6.07) is 14.9. The summed E-state index contributed by atoms with van der Waals surface area (Å²) in [5.74, 6) is -3.34. The van der Waals surface area contributed by atoms with E-state index in [2.05, 4.69) is 26.1 Å². The van der Waals surface area contributed by atoms with Gasteiger partial charge in [0.15, 0.2) is 17.4 Å². The van der Waals surface area contributed by atoms with E-state index < -0.39 is 33.6 Å². The Kier molecular flexibility index (Phi) is 7.64. The van der Waals surface area contributed by atoms with E-state index in [0.717, 1.165) is 24.0 Å². The minimum Gasteiger partial charge on any atom is -0.324 e. The maximum atomic E-state index is 13.8. The Morgan fingerprint density at radius 2 is 1.53 bits per heavy atom. The van der Waals surface area contributed by atoms with Gasteiger partial charge in [0.05, 0.1) is 11.9 Å². The molecule has 0 heterocycles. The van der Waals surface area contributed by atoms with Gasteiger partial charge in [-0.2, -0.15) is 0 Å². The van der Waals surface area contributed by atoms with E-state index in [0.29, 0.717) is 21.5 Å². The van der Waals surface area contributed by atoms with Crippen LogP contribution in [0.4, 0.5) is 20.2 Å². The van der Waals surface area contributed by atoms with E-state index >= 15 is 0 Å². The Morgan fingerprint density at radius 3 is 2.08 bits per heavy atom. The predicted molar refractivity (Wildman–Crippen MR) is 137 cm³/mol. The minimum atomic E-state index is -4.03. The van der Waals surface area contributed by atoms with E-state index in [1.165, 1.54) is 13.0 Å². The van der Waals surface area contributed by atoms with Crippen molar-refractivity contribution in [1.29, 1.82) is 0 Å². The molecule has 0 aliphatic carbocycles. The van der Waals surface area contributed by atoms with Crippen molar-refractivity contribution >= 4 is 33.1 Å². The first-order chi connectivity index (χ1) is 16.7. The molecule has 0 bridgehead atoms. The van der Waals surface area contributed by atoms with Crippen molar-refractivity contribution in [2.24, 2.45) is 0 Å². The molecule has 0 saturated carbocycles. The molecule has 9 heteroatoms. The van der Waals surface area contributed by atoms with Crippen LogP contribution in [0, 0.1) is 11.6 Å². The molecule has 0 unspecified atom stereocenters. The van der Waals surface area contributed by atoms with E-state index in [-0.39, 0.29) is 22.6 Å². The first kappa shape index (κ1) is 27.0. The number of sulfonamides is 1.